The smallest absolute Gasteiger partial charge is 0.305 e. The fourth-order valence-electron chi connectivity index (χ4n) is 3.65. The van der Waals surface area contributed by atoms with Crippen molar-refractivity contribution in [3.8, 4) is 22.6 Å². The second-order valence-corrected chi connectivity index (χ2v) is 8.69. The van der Waals surface area contributed by atoms with Crippen molar-refractivity contribution in [2.24, 2.45) is 0 Å². The largest absolute Gasteiger partial charge is 0.494 e. The molecule has 0 N–H and O–H groups in total. The highest BCUT2D eigenvalue weighted by molar-refractivity contribution is 5.69. The van der Waals surface area contributed by atoms with Gasteiger partial charge in [0.15, 0.2) is 0 Å². The standard InChI is InChI=1S/C29H42O4/c1-4-6-7-8-9-10-11-12-13-22-31-27-18-14-25(15-19-27)26-16-20-28(21-17-26)32-23-24(3)33-29(30)5-2/h14-21,24H,4-13,22-23H2,1-3H3. The predicted molar refractivity (Wildman–Crippen MR) is 136 cm³/mol. The van der Waals surface area contributed by atoms with E-state index in [0.717, 1.165) is 35.7 Å². The summed E-state index contributed by atoms with van der Waals surface area (Å²) in [6, 6.07) is 16.2. The summed E-state index contributed by atoms with van der Waals surface area (Å²) in [5.74, 6) is 1.48. The van der Waals surface area contributed by atoms with Gasteiger partial charge < -0.3 is 14.2 Å². The minimum absolute atomic E-state index is 0.206. The first-order chi connectivity index (χ1) is 16.1. The van der Waals surface area contributed by atoms with E-state index in [1.165, 1.54) is 51.4 Å². The molecule has 0 amide bonds. The molecule has 2 rings (SSSR count). The zero-order valence-corrected chi connectivity index (χ0v) is 20.8. The molecule has 2 aromatic rings. The highest BCUT2D eigenvalue weighted by Crippen LogP contribution is 2.25. The van der Waals surface area contributed by atoms with Crippen LogP contribution in [0.5, 0.6) is 11.5 Å². The highest BCUT2D eigenvalue weighted by atomic mass is 16.6. The Bertz CT molecular complexity index is 767. The maximum atomic E-state index is 11.3. The Morgan fingerprint density at radius 3 is 1.70 bits per heavy atom. The van der Waals surface area contributed by atoms with Crippen molar-refractivity contribution in [1.82, 2.24) is 0 Å². The molecule has 1 atom stereocenters. The predicted octanol–water partition coefficient (Wildman–Crippen LogP) is 7.98. The van der Waals surface area contributed by atoms with Gasteiger partial charge in [-0.2, -0.15) is 0 Å². The summed E-state index contributed by atoms with van der Waals surface area (Å²) in [6.07, 6.45) is 12.0. The summed E-state index contributed by atoms with van der Waals surface area (Å²) >= 11 is 0. The first-order valence-electron chi connectivity index (χ1n) is 12.8. The molecule has 0 radical (unpaired) electrons. The molecule has 0 heterocycles. The van der Waals surface area contributed by atoms with Gasteiger partial charge in [0.2, 0.25) is 0 Å². The highest BCUT2D eigenvalue weighted by Gasteiger charge is 2.08. The fraction of sp³-hybridized carbons (Fsp3) is 0.552. The molecule has 0 fully saturated rings. The van der Waals surface area contributed by atoms with Gasteiger partial charge in [0, 0.05) is 6.42 Å². The van der Waals surface area contributed by atoms with E-state index >= 15 is 0 Å². The Hall–Kier alpha value is -2.49. The van der Waals surface area contributed by atoms with E-state index in [-0.39, 0.29) is 12.1 Å². The minimum Gasteiger partial charge on any atom is -0.494 e. The number of hydrogen-bond donors (Lipinski definition) is 0. The van der Waals surface area contributed by atoms with Gasteiger partial charge in [-0.3, -0.25) is 4.79 Å². The molecule has 0 saturated carbocycles. The van der Waals surface area contributed by atoms with E-state index in [9.17, 15) is 4.79 Å². The first kappa shape index (κ1) is 26.8. The van der Waals surface area contributed by atoms with Gasteiger partial charge in [-0.15, -0.1) is 0 Å². The number of rotatable bonds is 17. The average molecular weight is 455 g/mol. The average Bonchev–Trinajstić information content (AvgIpc) is 2.84. The van der Waals surface area contributed by atoms with Crippen LogP contribution in [0.15, 0.2) is 48.5 Å². The van der Waals surface area contributed by atoms with Gasteiger partial charge in [-0.25, -0.2) is 0 Å². The van der Waals surface area contributed by atoms with Crippen molar-refractivity contribution < 1.29 is 19.0 Å². The minimum atomic E-state index is -0.264. The molecule has 4 nitrogen and oxygen atoms in total. The Kier molecular flexibility index (Phi) is 13.1. The lowest BCUT2D eigenvalue weighted by Crippen LogP contribution is -2.21. The SMILES string of the molecule is CCCCCCCCCCCOc1ccc(-c2ccc(OCC(C)OC(=O)CC)cc2)cc1. The Balaban J connectivity index is 1.65. The van der Waals surface area contributed by atoms with E-state index in [2.05, 4.69) is 19.1 Å². The topological polar surface area (TPSA) is 44.8 Å². The zero-order valence-electron chi connectivity index (χ0n) is 20.8. The Morgan fingerprint density at radius 1 is 0.697 bits per heavy atom. The molecule has 2 aromatic carbocycles. The third-order valence-electron chi connectivity index (χ3n) is 5.66. The summed E-state index contributed by atoms with van der Waals surface area (Å²) in [6.45, 7) is 7.01. The number of unbranched alkanes of at least 4 members (excludes halogenated alkanes) is 8. The van der Waals surface area contributed by atoms with Crippen molar-refractivity contribution in [2.75, 3.05) is 13.2 Å². The molecule has 0 aliphatic heterocycles. The Labute approximate surface area is 200 Å². The molecule has 182 valence electrons. The van der Waals surface area contributed by atoms with E-state index in [0.29, 0.717) is 13.0 Å². The van der Waals surface area contributed by atoms with Crippen LogP contribution in [-0.4, -0.2) is 25.3 Å². The van der Waals surface area contributed by atoms with Crippen LogP contribution in [0.3, 0.4) is 0 Å². The molecule has 0 aliphatic rings. The van der Waals surface area contributed by atoms with Crippen LogP contribution in [0, 0.1) is 0 Å². The second kappa shape index (κ2) is 16.2. The summed E-state index contributed by atoms with van der Waals surface area (Å²) < 4.78 is 16.9. The number of ether oxygens (including phenoxy) is 3. The molecular weight excluding hydrogens is 412 g/mol. The maximum Gasteiger partial charge on any atom is 0.305 e. The van der Waals surface area contributed by atoms with E-state index < -0.39 is 0 Å². The lowest BCUT2D eigenvalue weighted by atomic mass is 10.1. The number of carbonyl (C=O) groups is 1. The molecule has 4 heteroatoms. The summed E-state index contributed by atoms with van der Waals surface area (Å²) in [4.78, 5) is 11.3. The number of benzene rings is 2. The van der Waals surface area contributed by atoms with Crippen molar-refractivity contribution in [1.29, 1.82) is 0 Å². The molecule has 0 aliphatic carbocycles. The molecule has 0 aromatic heterocycles. The third-order valence-corrected chi connectivity index (χ3v) is 5.66. The second-order valence-electron chi connectivity index (χ2n) is 8.69. The van der Waals surface area contributed by atoms with Crippen LogP contribution < -0.4 is 9.47 Å². The molecule has 0 saturated heterocycles. The van der Waals surface area contributed by atoms with Crippen LogP contribution in [0.4, 0.5) is 0 Å². The van der Waals surface area contributed by atoms with Crippen LogP contribution >= 0.6 is 0 Å². The van der Waals surface area contributed by atoms with Crippen LogP contribution in [0.1, 0.15) is 85.0 Å². The van der Waals surface area contributed by atoms with Gasteiger partial charge in [0.05, 0.1) is 6.61 Å². The zero-order chi connectivity index (χ0) is 23.7. The van der Waals surface area contributed by atoms with Crippen molar-refractivity contribution in [3.05, 3.63) is 48.5 Å². The van der Waals surface area contributed by atoms with Crippen molar-refractivity contribution in [2.45, 2.75) is 91.1 Å². The lowest BCUT2D eigenvalue weighted by Gasteiger charge is -2.14. The van der Waals surface area contributed by atoms with Gasteiger partial charge >= 0.3 is 5.97 Å². The molecule has 0 spiro atoms. The van der Waals surface area contributed by atoms with E-state index in [1.807, 2.05) is 43.3 Å². The van der Waals surface area contributed by atoms with E-state index in [1.54, 1.807) is 6.92 Å². The third kappa shape index (κ3) is 11.3. The molecule has 33 heavy (non-hydrogen) atoms. The van der Waals surface area contributed by atoms with E-state index in [4.69, 9.17) is 14.2 Å². The monoisotopic (exact) mass is 454 g/mol. The van der Waals surface area contributed by atoms with Gasteiger partial charge in [-0.1, -0.05) is 89.5 Å². The van der Waals surface area contributed by atoms with Gasteiger partial charge in [0.1, 0.15) is 24.2 Å². The first-order valence-corrected chi connectivity index (χ1v) is 12.8. The number of carbonyl (C=O) groups excluding carboxylic acids is 1. The van der Waals surface area contributed by atoms with Gasteiger partial charge in [-0.05, 0) is 48.7 Å². The maximum absolute atomic E-state index is 11.3. The molecule has 1 unspecified atom stereocenters. The van der Waals surface area contributed by atoms with Crippen LogP contribution in [0.25, 0.3) is 11.1 Å². The summed E-state index contributed by atoms with van der Waals surface area (Å²) in [5.41, 5.74) is 2.26. The van der Waals surface area contributed by atoms with Crippen LogP contribution in [-0.2, 0) is 9.53 Å². The van der Waals surface area contributed by atoms with Gasteiger partial charge in [0.25, 0.3) is 0 Å². The molecular formula is C29H42O4. The lowest BCUT2D eigenvalue weighted by molar-refractivity contribution is -0.149. The van der Waals surface area contributed by atoms with Crippen molar-refractivity contribution >= 4 is 5.97 Å². The molecule has 0 bridgehead atoms. The van der Waals surface area contributed by atoms with Crippen molar-refractivity contribution in [3.63, 3.8) is 0 Å². The van der Waals surface area contributed by atoms with Crippen LogP contribution in [0.2, 0.25) is 0 Å². The number of esters is 1. The normalized spacial score (nSPS) is 11.7. The Morgan fingerprint density at radius 2 is 1.18 bits per heavy atom. The quantitative estimate of drug-likeness (QED) is 0.179. The summed E-state index contributed by atoms with van der Waals surface area (Å²) in [5, 5.41) is 0. The fourth-order valence-corrected chi connectivity index (χ4v) is 3.65. The number of hydrogen-bond acceptors (Lipinski definition) is 4. The summed E-state index contributed by atoms with van der Waals surface area (Å²) in [7, 11) is 0.